The van der Waals surface area contributed by atoms with E-state index < -0.39 is 6.10 Å². The first-order valence-corrected chi connectivity index (χ1v) is 9.05. The van der Waals surface area contributed by atoms with Gasteiger partial charge in [-0.05, 0) is 31.0 Å². The van der Waals surface area contributed by atoms with Gasteiger partial charge in [-0.15, -0.1) is 0 Å². The fraction of sp³-hybridized carbons (Fsp3) is 0.474. The highest BCUT2D eigenvalue weighted by atomic mass is 16.5. The zero-order chi connectivity index (χ0) is 18.4. The van der Waals surface area contributed by atoms with Crippen molar-refractivity contribution in [1.82, 2.24) is 15.5 Å². The maximum absolute atomic E-state index is 12.2. The van der Waals surface area contributed by atoms with E-state index in [1.807, 2.05) is 0 Å². The van der Waals surface area contributed by atoms with Crippen LogP contribution in [0, 0.1) is 0 Å². The lowest BCUT2D eigenvalue weighted by Gasteiger charge is -2.23. The third kappa shape index (κ3) is 4.83. The van der Waals surface area contributed by atoms with E-state index in [0.29, 0.717) is 11.3 Å². The number of aromatic nitrogens is 2. The number of nitrogens with one attached hydrogen (secondary N) is 2. The van der Waals surface area contributed by atoms with Gasteiger partial charge in [0.2, 0.25) is 0 Å². The van der Waals surface area contributed by atoms with Crippen molar-refractivity contribution in [3.05, 3.63) is 36.0 Å². The molecule has 26 heavy (non-hydrogen) atoms. The van der Waals surface area contributed by atoms with Crippen LogP contribution in [0.2, 0.25) is 0 Å². The molecular weight excluding hydrogens is 334 g/mol. The maximum atomic E-state index is 12.2. The molecule has 1 amide bonds. The lowest BCUT2D eigenvalue weighted by molar-refractivity contribution is -0.0225. The van der Waals surface area contributed by atoms with Crippen LogP contribution in [-0.4, -0.2) is 51.7 Å². The molecule has 1 aromatic heterocycles. The minimum atomic E-state index is -0.749. The van der Waals surface area contributed by atoms with Gasteiger partial charge < -0.3 is 20.3 Å². The number of amides is 1. The molecule has 140 valence electrons. The number of phenolic OH excluding ortho intramolecular Hbond substituents is 1. The molecule has 1 aliphatic rings. The predicted molar refractivity (Wildman–Crippen MR) is 96.9 cm³/mol. The molecule has 0 radical (unpaired) electrons. The molecule has 1 atom stereocenters. The SMILES string of the molecule is O=C(NCC(O)COC1CCCCC1)c1cc(-c2ccccc2O)n[nH]1. The van der Waals surface area contributed by atoms with E-state index in [1.54, 1.807) is 30.3 Å². The van der Waals surface area contributed by atoms with E-state index >= 15 is 0 Å². The first-order valence-electron chi connectivity index (χ1n) is 9.05. The van der Waals surface area contributed by atoms with Gasteiger partial charge in [-0.3, -0.25) is 9.89 Å². The van der Waals surface area contributed by atoms with Crippen LogP contribution < -0.4 is 5.32 Å². The Bertz CT molecular complexity index is 725. The van der Waals surface area contributed by atoms with Crippen molar-refractivity contribution >= 4 is 5.91 Å². The number of hydrogen-bond acceptors (Lipinski definition) is 5. The van der Waals surface area contributed by atoms with E-state index in [1.165, 1.54) is 19.3 Å². The van der Waals surface area contributed by atoms with Crippen molar-refractivity contribution in [3.8, 4) is 17.0 Å². The maximum Gasteiger partial charge on any atom is 0.269 e. The molecular formula is C19H25N3O4. The van der Waals surface area contributed by atoms with Gasteiger partial charge >= 0.3 is 0 Å². The number of para-hydroxylation sites is 1. The topological polar surface area (TPSA) is 107 Å². The molecule has 7 nitrogen and oxygen atoms in total. The summed E-state index contributed by atoms with van der Waals surface area (Å²) in [6, 6.07) is 8.35. The molecule has 1 aliphatic carbocycles. The van der Waals surface area contributed by atoms with E-state index in [0.717, 1.165) is 12.8 Å². The number of hydrogen-bond donors (Lipinski definition) is 4. The molecule has 0 saturated heterocycles. The third-order valence-corrected chi connectivity index (χ3v) is 4.58. The van der Waals surface area contributed by atoms with Crippen LogP contribution in [0.1, 0.15) is 42.6 Å². The largest absolute Gasteiger partial charge is 0.507 e. The van der Waals surface area contributed by atoms with Crippen LogP contribution in [0.3, 0.4) is 0 Å². The van der Waals surface area contributed by atoms with Crippen molar-refractivity contribution in [2.24, 2.45) is 0 Å². The Hall–Kier alpha value is -2.38. The average molecular weight is 359 g/mol. The molecule has 1 fully saturated rings. The number of aromatic hydroxyl groups is 1. The fourth-order valence-electron chi connectivity index (χ4n) is 3.11. The summed E-state index contributed by atoms with van der Waals surface area (Å²) in [6.45, 7) is 0.327. The molecule has 0 spiro atoms. The number of aliphatic hydroxyl groups is 1. The Kier molecular flexibility index (Phi) is 6.25. The number of ether oxygens (including phenoxy) is 1. The van der Waals surface area contributed by atoms with Gasteiger partial charge in [-0.1, -0.05) is 31.4 Å². The van der Waals surface area contributed by atoms with E-state index in [-0.39, 0.29) is 36.6 Å². The zero-order valence-corrected chi connectivity index (χ0v) is 14.6. The van der Waals surface area contributed by atoms with Gasteiger partial charge in [-0.25, -0.2) is 0 Å². The second kappa shape index (κ2) is 8.82. The van der Waals surface area contributed by atoms with Crippen LogP contribution >= 0.6 is 0 Å². The van der Waals surface area contributed by atoms with Gasteiger partial charge in [0, 0.05) is 12.1 Å². The van der Waals surface area contributed by atoms with Crippen molar-refractivity contribution < 1.29 is 19.7 Å². The monoisotopic (exact) mass is 359 g/mol. The van der Waals surface area contributed by atoms with E-state index in [4.69, 9.17) is 4.74 Å². The molecule has 7 heteroatoms. The molecule has 1 unspecified atom stereocenters. The number of rotatable bonds is 7. The first-order chi connectivity index (χ1) is 12.6. The highest BCUT2D eigenvalue weighted by Crippen LogP contribution is 2.27. The lowest BCUT2D eigenvalue weighted by Crippen LogP contribution is -2.36. The number of aromatic amines is 1. The quantitative estimate of drug-likeness (QED) is 0.606. The summed E-state index contributed by atoms with van der Waals surface area (Å²) >= 11 is 0. The predicted octanol–water partition coefficient (Wildman–Crippen LogP) is 2.22. The van der Waals surface area contributed by atoms with E-state index in [9.17, 15) is 15.0 Å². The van der Waals surface area contributed by atoms with Gasteiger partial charge in [0.1, 0.15) is 11.4 Å². The second-order valence-corrected chi connectivity index (χ2v) is 6.64. The molecule has 0 aliphatic heterocycles. The van der Waals surface area contributed by atoms with Crippen molar-refractivity contribution in [2.75, 3.05) is 13.2 Å². The number of carbonyl (C=O) groups is 1. The van der Waals surface area contributed by atoms with Crippen LogP contribution in [0.25, 0.3) is 11.3 Å². The minimum absolute atomic E-state index is 0.0984. The van der Waals surface area contributed by atoms with Gasteiger partial charge in [-0.2, -0.15) is 5.10 Å². The Morgan fingerprint density at radius 1 is 1.31 bits per heavy atom. The summed E-state index contributed by atoms with van der Waals surface area (Å²) in [5.41, 5.74) is 1.29. The highest BCUT2D eigenvalue weighted by molar-refractivity contribution is 5.93. The third-order valence-electron chi connectivity index (χ3n) is 4.58. The molecule has 1 heterocycles. The van der Waals surface area contributed by atoms with E-state index in [2.05, 4.69) is 15.5 Å². The average Bonchev–Trinajstić information content (AvgIpc) is 3.15. The number of aliphatic hydroxyl groups excluding tert-OH is 1. The summed E-state index contributed by atoms with van der Waals surface area (Å²) in [6.07, 6.45) is 5.17. The van der Waals surface area contributed by atoms with Crippen LogP contribution in [0.4, 0.5) is 0 Å². The molecule has 1 aromatic carbocycles. The van der Waals surface area contributed by atoms with Crippen LogP contribution in [-0.2, 0) is 4.74 Å². The minimum Gasteiger partial charge on any atom is -0.507 e. The molecule has 3 rings (SSSR count). The Balaban J connectivity index is 1.47. The standard InChI is InChI=1S/C19H25N3O4/c23-13(12-26-14-6-2-1-3-7-14)11-20-19(25)17-10-16(21-22-17)15-8-4-5-9-18(15)24/h4-5,8-10,13-14,23-24H,1-3,6-7,11-12H2,(H,20,25)(H,21,22). The summed E-state index contributed by atoms with van der Waals surface area (Å²) in [4.78, 5) is 12.2. The van der Waals surface area contributed by atoms with Crippen molar-refractivity contribution in [3.63, 3.8) is 0 Å². The number of H-pyrrole nitrogens is 1. The van der Waals surface area contributed by atoms with Gasteiger partial charge in [0.15, 0.2) is 0 Å². The van der Waals surface area contributed by atoms with Gasteiger partial charge in [0.25, 0.3) is 5.91 Å². The summed E-state index contributed by atoms with van der Waals surface area (Å²) in [5, 5.41) is 29.2. The smallest absolute Gasteiger partial charge is 0.269 e. The van der Waals surface area contributed by atoms with Crippen molar-refractivity contribution in [2.45, 2.75) is 44.3 Å². The summed E-state index contributed by atoms with van der Waals surface area (Å²) in [5.74, 6) is -0.267. The molecule has 4 N–H and O–H groups in total. The summed E-state index contributed by atoms with van der Waals surface area (Å²) in [7, 11) is 0. The fourth-order valence-corrected chi connectivity index (χ4v) is 3.11. The Labute approximate surface area is 152 Å². The lowest BCUT2D eigenvalue weighted by atomic mass is 9.98. The van der Waals surface area contributed by atoms with Crippen molar-refractivity contribution in [1.29, 1.82) is 0 Å². The number of nitrogens with zero attached hydrogens (tertiary/aromatic N) is 1. The molecule has 1 saturated carbocycles. The number of phenols is 1. The normalized spacial score (nSPS) is 16.3. The van der Waals surface area contributed by atoms with Crippen LogP contribution in [0.5, 0.6) is 5.75 Å². The number of benzene rings is 1. The Morgan fingerprint density at radius 2 is 2.08 bits per heavy atom. The molecule has 2 aromatic rings. The first kappa shape index (κ1) is 18.4. The summed E-state index contributed by atoms with van der Waals surface area (Å²) < 4.78 is 5.71. The highest BCUT2D eigenvalue weighted by Gasteiger charge is 2.17. The second-order valence-electron chi connectivity index (χ2n) is 6.64. The Morgan fingerprint density at radius 3 is 2.85 bits per heavy atom. The number of carbonyl (C=O) groups excluding carboxylic acids is 1. The zero-order valence-electron chi connectivity index (χ0n) is 14.6. The van der Waals surface area contributed by atoms with Crippen LogP contribution in [0.15, 0.2) is 30.3 Å². The van der Waals surface area contributed by atoms with Gasteiger partial charge in [0.05, 0.1) is 24.5 Å². The molecule has 0 bridgehead atoms.